The fourth-order valence-electron chi connectivity index (χ4n) is 2.71. The summed E-state index contributed by atoms with van der Waals surface area (Å²) in [5.74, 6) is -1.21. The van der Waals surface area contributed by atoms with Gasteiger partial charge in [-0.1, -0.05) is 12.1 Å². The number of dihydropyridines is 1. The SMILES string of the molecule is COC(=O)C1=C(C)NC(C)=C(C#N)[C@@H]1c1cccc([NH+]([O-])O)c1. The number of hydrogen-bond acceptors (Lipinski definition) is 6. The van der Waals surface area contributed by atoms with Crippen LogP contribution in [0.15, 0.2) is 46.8 Å². The fourth-order valence-corrected chi connectivity index (χ4v) is 2.71. The Hall–Kier alpha value is -2.66. The molecule has 7 nitrogen and oxygen atoms in total. The van der Waals surface area contributed by atoms with Crippen molar-refractivity contribution in [2.45, 2.75) is 19.8 Å². The Bertz CT molecular complexity index is 744. The van der Waals surface area contributed by atoms with Gasteiger partial charge in [-0.15, -0.1) is 0 Å². The van der Waals surface area contributed by atoms with Gasteiger partial charge in [-0.3, -0.25) is 0 Å². The molecule has 1 aliphatic heterocycles. The summed E-state index contributed by atoms with van der Waals surface area (Å²) < 4.78 is 4.83. The molecule has 2 rings (SSSR count). The molecular weight excluding hydrogens is 298 g/mol. The van der Waals surface area contributed by atoms with Crippen LogP contribution in [-0.4, -0.2) is 18.3 Å². The lowest BCUT2D eigenvalue weighted by Gasteiger charge is -2.28. The highest BCUT2D eigenvalue weighted by Gasteiger charge is 2.34. The van der Waals surface area contributed by atoms with Gasteiger partial charge in [-0.05, 0) is 19.4 Å². The smallest absolute Gasteiger partial charge is 0.336 e. The van der Waals surface area contributed by atoms with E-state index in [0.29, 0.717) is 28.1 Å². The molecule has 0 saturated carbocycles. The highest BCUT2D eigenvalue weighted by molar-refractivity contribution is 5.93. The van der Waals surface area contributed by atoms with Crippen molar-refractivity contribution in [1.82, 2.24) is 5.32 Å². The summed E-state index contributed by atoms with van der Waals surface area (Å²) >= 11 is 0. The van der Waals surface area contributed by atoms with Gasteiger partial charge in [0.15, 0.2) is 5.69 Å². The number of hydrogen-bond donors (Lipinski definition) is 3. The van der Waals surface area contributed by atoms with Gasteiger partial charge in [0.2, 0.25) is 0 Å². The predicted octanol–water partition coefficient (Wildman–Crippen LogP) is 1.02. The number of carbonyl (C=O) groups is 1. The quantitative estimate of drug-likeness (QED) is 0.567. The molecule has 0 spiro atoms. The van der Waals surface area contributed by atoms with Gasteiger partial charge in [-0.25, -0.2) is 10.0 Å². The first kappa shape index (κ1) is 16.7. The van der Waals surface area contributed by atoms with Crippen LogP contribution in [0.4, 0.5) is 5.69 Å². The van der Waals surface area contributed by atoms with Crippen molar-refractivity contribution < 1.29 is 20.0 Å². The van der Waals surface area contributed by atoms with Crippen molar-refractivity contribution in [1.29, 1.82) is 5.26 Å². The van der Waals surface area contributed by atoms with E-state index in [0.717, 1.165) is 0 Å². The molecule has 0 amide bonds. The van der Waals surface area contributed by atoms with Crippen LogP contribution in [0.1, 0.15) is 25.3 Å². The molecule has 3 N–H and O–H groups in total. The molecule has 0 saturated heterocycles. The maximum atomic E-state index is 12.2. The Kier molecular flexibility index (Phi) is 4.81. The number of benzene rings is 1. The second kappa shape index (κ2) is 6.62. The summed E-state index contributed by atoms with van der Waals surface area (Å²) in [6.45, 7) is 3.46. The van der Waals surface area contributed by atoms with Crippen molar-refractivity contribution in [3.8, 4) is 6.07 Å². The molecule has 0 fully saturated rings. The Morgan fingerprint density at radius 3 is 2.70 bits per heavy atom. The Morgan fingerprint density at radius 2 is 2.13 bits per heavy atom. The van der Waals surface area contributed by atoms with Gasteiger partial charge >= 0.3 is 5.97 Å². The van der Waals surface area contributed by atoms with E-state index in [2.05, 4.69) is 11.4 Å². The van der Waals surface area contributed by atoms with Gasteiger partial charge in [0.1, 0.15) is 0 Å². The van der Waals surface area contributed by atoms with Crippen molar-refractivity contribution in [3.63, 3.8) is 0 Å². The van der Waals surface area contributed by atoms with E-state index in [-0.39, 0.29) is 5.69 Å². The van der Waals surface area contributed by atoms with Crippen LogP contribution in [0.2, 0.25) is 0 Å². The summed E-state index contributed by atoms with van der Waals surface area (Å²) in [5, 5.41) is 31.8. The monoisotopic (exact) mass is 315 g/mol. The lowest BCUT2D eigenvalue weighted by molar-refractivity contribution is -0.991. The van der Waals surface area contributed by atoms with E-state index in [1.807, 2.05) is 0 Å². The largest absolute Gasteiger partial charge is 0.595 e. The zero-order chi connectivity index (χ0) is 17.1. The highest BCUT2D eigenvalue weighted by Crippen LogP contribution is 2.38. The van der Waals surface area contributed by atoms with E-state index in [9.17, 15) is 15.3 Å². The lowest BCUT2D eigenvalue weighted by Crippen LogP contribution is -2.99. The minimum absolute atomic E-state index is 0.0952. The minimum Gasteiger partial charge on any atom is -0.595 e. The number of quaternary nitrogens is 1. The van der Waals surface area contributed by atoms with Crippen LogP contribution in [0.25, 0.3) is 0 Å². The Labute approximate surface area is 133 Å². The van der Waals surface area contributed by atoms with E-state index >= 15 is 0 Å². The molecule has 7 heteroatoms. The van der Waals surface area contributed by atoms with Gasteiger partial charge in [-0.2, -0.15) is 10.5 Å². The summed E-state index contributed by atoms with van der Waals surface area (Å²) in [7, 11) is 1.27. The first-order valence-electron chi connectivity index (χ1n) is 6.91. The van der Waals surface area contributed by atoms with Crippen LogP contribution in [0.5, 0.6) is 0 Å². The maximum absolute atomic E-state index is 12.2. The van der Waals surface area contributed by atoms with Crippen LogP contribution in [-0.2, 0) is 9.53 Å². The highest BCUT2D eigenvalue weighted by atomic mass is 16.8. The van der Waals surface area contributed by atoms with E-state index in [4.69, 9.17) is 9.94 Å². The van der Waals surface area contributed by atoms with Crippen molar-refractivity contribution in [2.75, 3.05) is 7.11 Å². The summed E-state index contributed by atoms with van der Waals surface area (Å²) in [5.41, 5.74) is 2.53. The molecule has 120 valence electrons. The standard InChI is InChI=1S/C16H17N3O4/c1-9-13(8-17)15(14(10(2)18-9)16(20)23-3)11-5-4-6-12(7-11)19(21)22/h4-7,15,18-19,21H,1-3H3/t15-/m0/s1. The Balaban J connectivity index is 2.66. The van der Waals surface area contributed by atoms with Crippen LogP contribution < -0.4 is 10.5 Å². The van der Waals surface area contributed by atoms with Gasteiger partial charge in [0.05, 0.1) is 30.2 Å². The van der Waals surface area contributed by atoms with Gasteiger partial charge < -0.3 is 15.3 Å². The third kappa shape index (κ3) is 3.10. The van der Waals surface area contributed by atoms with E-state index in [1.165, 1.54) is 19.2 Å². The van der Waals surface area contributed by atoms with Crippen molar-refractivity contribution >= 4 is 11.7 Å². The number of carbonyl (C=O) groups excluding carboxylic acids is 1. The maximum Gasteiger partial charge on any atom is 0.336 e. The number of allylic oxidation sites excluding steroid dienone is 3. The molecule has 1 aliphatic rings. The van der Waals surface area contributed by atoms with E-state index in [1.54, 1.807) is 26.0 Å². The molecule has 1 heterocycles. The van der Waals surface area contributed by atoms with Crippen LogP contribution in [0, 0.1) is 16.5 Å². The fraction of sp³-hybridized carbons (Fsp3) is 0.250. The molecule has 23 heavy (non-hydrogen) atoms. The van der Waals surface area contributed by atoms with Crippen molar-refractivity contribution in [3.05, 3.63) is 57.6 Å². The number of nitrogens with zero attached hydrogens (tertiary/aromatic N) is 1. The number of ether oxygens (including phenoxy) is 1. The number of nitriles is 1. The second-order valence-electron chi connectivity index (χ2n) is 5.17. The lowest BCUT2D eigenvalue weighted by atomic mass is 9.81. The molecule has 1 aromatic rings. The van der Waals surface area contributed by atoms with Gasteiger partial charge in [0, 0.05) is 23.5 Å². The summed E-state index contributed by atoms with van der Waals surface area (Å²) in [4.78, 5) is 12.2. The van der Waals surface area contributed by atoms with Crippen LogP contribution in [0.3, 0.4) is 0 Å². The molecule has 0 aliphatic carbocycles. The summed E-state index contributed by atoms with van der Waals surface area (Å²) in [6.07, 6.45) is 0. The zero-order valence-electron chi connectivity index (χ0n) is 13.0. The molecule has 0 radical (unpaired) electrons. The number of esters is 1. The predicted molar refractivity (Wildman–Crippen MR) is 81.1 cm³/mol. The minimum atomic E-state index is -1.07. The Morgan fingerprint density at radius 1 is 1.43 bits per heavy atom. The van der Waals surface area contributed by atoms with Crippen molar-refractivity contribution in [2.24, 2.45) is 0 Å². The average Bonchev–Trinajstić information content (AvgIpc) is 2.53. The number of methoxy groups -OCH3 is 1. The first-order chi connectivity index (χ1) is 10.9. The number of rotatable bonds is 3. The molecule has 0 aromatic heterocycles. The third-order valence-electron chi connectivity index (χ3n) is 3.75. The number of nitrogens with one attached hydrogen (secondary N) is 2. The molecular formula is C16H17N3O4. The van der Waals surface area contributed by atoms with Gasteiger partial charge in [0.25, 0.3) is 0 Å². The molecule has 1 aromatic carbocycles. The topological polar surface area (TPSA) is 110 Å². The molecule has 1 unspecified atom stereocenters. The zero-order valence-corrected chi connectivity index (χ0v) is 13.0. The molecule has 2 atom stereocenters. The second-order valence-corrected chi connectivity index (χ2v) is 5.17. The summed E-state index contributed by atoms with van der Waals surface area (Å²) in [6, 6.07) is 8.33. The van der Waals surface area contributed by atoms with E-state index < -0.39 is 17.1 Å². The third-order valence-corrected chi connectivity index (χ3v) is 3.75. The molecule has 0 bridgehead atoms. The first-order valence-corrected chi connectivity index (χ1v) is 6.91. The normalized spacial score (nSPS) is 19.0. The average molecular weight is 315 g/mol. The van der Waals surface area contributed by atoms with Crippen LogP contribution >= 0.6 is 0 Å².